The molecule has 0 spiro atoms. The highest BCUT2D eigenvalue weighted by Gasteiger charge is 1.91. The SMILES string of the molecule is CCCC[S+]=O. The zero-order valence-corrected chi connectivity index (χ0v) is 4.75. The lowest BCUT2D eigenvalue weighted by atomic mass is 10.4. The molecule has 0 saturated heterocycles. The van der Waals surface area contributed by atoms with E-state index in [1.165, 1.54) is 0 Å². The molecule has 0 aliphatic rings. The summed E-state index contributed by atoms with van der Waals surface area (Å²) in [5.41, 5.74) is 0. The molecular weight excluding hydrogens is 96.1 g/mol. The van der Waals surface area contributed by atoms with Crippen molar-refractivity contribution in [2.75, 3.05) is 5.75 Å². The fourth-order valence-corrected chi connectivity index (χ4v) is 0.610. The largest absolute Gasteiger partial charge is 0.458 e. The van der Waals surface area contributed by atoms with Gasteiger partial charge in [0.2, 0.25) is 5.75 Å². The summed E-state index contributed by atoms with van der Waals surface area (Å²) in [4.78, 5) is 0. The van der Waals surface area contributed by atoms with Crippen molar-refractivity contribution < 1.29 is 4.21 Å². The minimum absolute atomic E-state index is 0.676. The summed E-state index contributed by atoms with van der Waals surface area (Å²) in [6, 6.07) is 0. The molecule has 0 unspecified atom stereocenters. The van der Waals surface area contributed by atoms with Crippen LogP contribution in [0.3, 0.4) is 0 Å². The van der Waals surface area contributed by atoms with Gasteiger partial charge in [0.05, 0.1) is 0 Å². The minimum Gasteiger partial charge on any atom is -0.0652 e. The first-order valence-corrected chi connectivity index (χ1v) is 3.07. The molecule has 0 fully saturated rings. The van der Waals surface area contributed by atoms with Gasteiger partial charge in [-0.3, -0.25) is 0 Å². The van der Waals surface area contributed by atoms with Crippen LogP contribution in [-0.2, 0) is 15.9 Å². The van der Waals surface area contributed by atoms with Crippen LogP contribution in [-0.4, -0.2) is 5.75 Å². The summed E-state index contributed by atoms with van der Waals surface area (Å²) in [6.07, 6.45) is 2.20. The van der Waals surface area contributed by atoms with Crippen LogP contribution in [0.5, 0.6) is 0 Å². The molecule has 0 atom stereocenters. The summed E-state index contributed by atoms with van der Waals surface area (Å²) in [5, 5.41) is 0. The fraction of sp³-hybridized carbons (Fsp3) is 1.00. The predicted molar refractivity (Wildman–Crippen MR) is 27.8 cm³/mol. The van der Waals surface area contributed by atoms with Crippen LogP contribution >= 0.6 is 0 Å². The van der Waals surface area contributed by atoms with Gasteiger partial charge in [0.15, 0.2) is 0 Å². The zero-order valence-electron chi connectivity index (χ0n) is 3.94. The quantitative estimate of drug-likeness (QED) is 0.389. The smallest absolute Gasteiger partial charge is 0.0652 e. The Labute approximate surface area is 42.2 Å². The molecule has 0 saturated carbocycles. The Hall–Kier alpha value is 0.0200. The second-order valence-corrected chi connectivity index (χ2v) is 1.82. The maximum atomic E-state index is 9.61. The molecule has 2 heteroatoms. The van der Waals surface area contributed by atoms with Gasteiger partial charge >= 0.3 is 11.7 Å². The van der Waals surface area contributed by atoms with Gasteiger partial charge in [-0.05, 0) is 0 Å². The summed E-state index contributed by atoms with van der Waals surface area (Å²) < 4.78 is 9.61. The van der Waals surface area contributed by atoms with Crippen molar-refractivity contribution in [3.63, 3.8) is 0 Å². The van der Waals surface area contributed by atoms with E-state index in [1.54, 1.807) is 0 Å². The Morgan fingerprint density at radius 3 is 2.50 bits per heavy atom. The lowest BCUT2D eigenvalue weighted by Gasteiger charge is -1.69. The molecule has 0 radical (unpaired) electrons. The first-order valence-electron chi connectivity index (χ1n) is 2.16. The molecule has 0 aliphatic heterocycles. The highest BCUT2D eigenvalue weighted by Crippen LogP contribution is 1.81. The van der Waals surface area contributed by atoms with E-state index in [0.29, 0.717) is 11.7 Å². The van der Waals surface area contributed by atoms with Crippen molar-refractivity contribution in [1.29, 1.82) is 0 Å². The number of unbranched alkanes of at least 4 members (excludes halogenated alkanes) is 1. The third kappa shape index (κ3) is 4.02. The van der Waals surface area contributed by atoms with Crippen molar-refractivity contribution in [1.82, 2.24) is 0 Å². The van der Waals surface area contributed by atoms with E-state index in [1.807, 2.05) is 0 Å². The van der Waals surface area contributed by atoms with Crippen LogP contribution in [0.15, 0.2) is 0 Å². The van der Waals surface area contributed by atoms with Crippen molar-refractivity contribution in [2.45, 2.75) is 19.8 Å². The van der Waals surface area contributed by atoms with Gasteiger partial charge in [-0.15, -0.1) is 0 Å². The standard InChI is InChI=1S/C4H9OS/c1-2-3-4-6-5/h2-4H2,1H3/q+1. The average Bonchev–Trinajstić information content (AvgIpc) is 1.61. The highest BCUT2D eigenvalue weighted by molar-refractivity contribution is 7.65. The molecule has 0 bridgehead atoms. The van der Waals surface area contributed by atoms with Gasteiger partial charge in [0.25, 0.3) is 0 Å². The van der Waals surface area contributed by atoms with Crippen LogP contribution in [0.1, 0.15) is 19.8 Å². The van der Waals surface area contributed by atoms with Gasteiger partial charge in [-0.2, -0.15) is 0 Å². The van der Waals surface area contributed by atoms with Gasteiger partial charge in [0.1, 0.15) is 0 Å². The molecule has 0 N–H and O–H groups in total. The van der Waals surface area contributed by atoms with E-state index in [9.17, 15) is 4.21 Å². The maximum Gasteiger partial charge on any atom is 0.458 e. The zero-order chi connectivity index (χ0) is 4.83. The molecule has 0 aliphatic carbocycles. The lowest BCUT2D eigenvalue weighted by Crippen LogP contribution is -1.75. The molecule has 0 aromatic heterocycles. The number of rotatable bonds is 3. The molecular formula is C4H9OS+. The number of hydrogen-bond donors (Lipinski definition) is 0. The van der Waals surface area contributed by atoms with Crippen LogP contribution in [0.4, 0.5) is 0 Å². The average molecular weight is 105 g/mol. The van der Waals surface area contributed by atoms with Crippen LogP contribution in [0, 0.1) is 0 Å². The molecule has 1 nitrogen and oxygen atoms in total. The van der Waals surface area contributed by atoms with Gasteiger partial charge in [-0.25, -0.2) is 0 Å². The van der Waals surface area contributed by atoms with Gasteiger partial charge in [-0.1, -0.05) is 13.3 Å². The highest BCUT2D eigenvalue weighted by atomic mass is 32.1. The van der Waals surface area contributed by atoms with E-state index in [-0.39, 0.29) is 0 Å². The lowest BCUT2D eigenvalue weighted by molar-refractivity contribution is 0.603. The summed E-state index contributed by atoms with van der Waals surface area (Å²) in [5.74, 6) is 0.774. The van der Waals surface area contributed by atoms with Crippen LogP contribution in [0.25, 0.3) is 0 Å². The molecule has 0 amide bonds. The molecule has 0 heterocycles. The van der Waals surface area contributed by atoms with Crippen molar-refractivity contribution in [3.8, 4) is 0 Å². The second-order valence-electron chi connectivity index (χ2n) is 1.18. The summed E-state index contributed by atoms with van der Waals surface area (Å²) in [7, 11) is 0. The molecule has 0 aromatic carbocycles. The van der Waals surface area contributed by atoms with E-state index >= 15 is 0 Å². The maximum absolute atomic E-state index is 9.61. The second kappa shape index (κ2) is 5.02. The Morgan fingerprint density at radius 2 is 2.33 bits per heavy atom. The Balaban J connectivity index is 2.49. The van der Waals surface area contributed by atoms with Gasteiger partial charge < -0.3 is 0 Å². The molecule has 0 aromatic rings. The topological polar surface area (TPSA) is 17.1 Å². The van der Waals surface area contributed by atoms with E-state index in [0.717, 1.165) is 18.6 Å². The van der Waals surface area contributed by atoms with Crippen LogP contribution < -0.4 is 0 Å². The summed E-state index contributed by atoms with van der Waals surface area (Å²) in [6.45, 7) is 2.08. The normalized spacial score (nSPS) is 8.17. The first-order chi connectivity index (χ1) is 2.91. The molecule has 6 heavy (non-hydrogen) atoms. The predicted octanol–water partition coefficient (Wildman–Crippen LogP) is 1.21. The Kier molecular flexibility index (Phi) is 5.04. The number of hydrogen-bond acceptors (Lipinski definition) is 1. The third-order valence-corrected chi connectivity index (χ3v) is 1.04. The van der Waals surface area contributed by atoms with Crippen LogP contribution in [0.2, 0.25) is 0 Å². The minimum atomic E-state index is 0.676. The van der Waals surface area contributed by atoms with E-state index < -0.39 is 0 Å². The fourth-order valence-electron chi connectivity index (χ4n) is 0.203. The molecule has 0 rings (SSSR count). The van der Waals surface area contributed by atoms with Crippen molar-refractivity contribution in [2.24, 2.45) is 0 Å². The first kappa shape index (κ1) is 6.02. The van der Waals surface area contributed by atoms with Gasteiger partial charge in [0, 0.05) is 10.6 Å². The van der Waals surface area contributed by atoms with Crippen molar-refractivity contribution in [3.05, 3.63) is 0 Å². The monoisotopic (exact) mass is 105 g/mol. The molecule has 36 valence electrons. The summed E-state index contributed by atoms with van der Waals surface area (Å²) >= 11 is 0.676. The van der Waals surface area contributed by atoms with Crippen molar-refractivity contribution >= 4 is 11.7 Å². The Bertz CT molecular complexity index is 36.5. The van der Waals surface area contributed by atoms with E-state index in [4.69, 9.17) is 0 Å². The Morgan fingerprint density at radius 1 is 1.67 bits per heavy atom. The third-order valence-electron chi connectivity index (χ3n) is 0.581. The van der Waals surface area contributed by atoms with E-state index in [2.05, 4.69) is 6.92 Å².